The van der Waals surface area contributed by atoms with Gasteiger partial charge in [0, 0.05) is 25.6 Å². The van der Waals surface area contributed by atoms with Gasteiger partial charge < -0.3 is 15.2 Å². The van der Waals surface area contributed by atoms with Gasteiger partial charge in [0.2, 0.25) is 6.29 Å². The number of ether oxygens (including phenoxy) is 2. The second kappa shape index (κ2) is 4.99. The maximum absolute atomic E-state index is 5.66. The summed E-state index contributed by atoms with van der Waals surface area (Å²) in [7, 11) is 3.18. The summed E-state index contributed by atoms with van der Waals surface area (Å²) < 4.78 is 12.3. The van der Waals surface area contributed by atoms with Crippen molar-refractivity contribution >= 4 is 5.69 Å². The van der Waals surface area contributed by atoms with Crippen molar-refractivity contribution < 1.29 is 9.47 Å². The van der Waals surface area contributed by atoms with Gasteiger partial charge in [-0.25, -0.2) is 4.98 Å². The van der Waals surface area contributed by atoms with Crippen LogP contribution in [0.15, 0.2) is 36.8 Å². The zero-order valence-corrected chi connectivity index (χ0v) is 9.83. The van der Waals surface area contributed by atoms with Crippen molar-refractivity contribution in [2.24, 2.45) is 0 Å². The monoisotopic (exact) mass is 233 g/mol. The number of hydrogen-bond acceptors (Lipinski definition) is 4. The highest BCUT2D eigenvalue weighted by Crippen LogP contribution is 2.21. The molecule has 0 amide bonds. The minimum absolute atomic E-state index is 0.435. The zero-order valence-electron chi connectivity index (χ0n) is 9.83. The first-order valence-corrected chi connectivity index (χ1v) is 5.20. The van der Waals surface area contributed by atoms with Gasteiger partial charge in [0.05, 0.1) is 18.2 Å². The Labute approximate surface area is 99.8 Å². The van der Waals surface area contributed by atoms with E-state index in [1.165, 1.54) is 0 Å². The topological polar surface area (TPSA) is 62.3 Å². The fraction of sp³-hybridized carbons (Fsp3) is 0.250. The van der Waals surface area contributed by atoms with E-state index < -0.39 is 6.29 Å². The zero-order chi connectivity index (χ0) is 12.3. The van der Waals surface area contributed by atoms with E-state index in [0.29, 0.717) is 0 Å². The number of rotatable bonds is 4. The van der Waals surface area contributed by atoms with E-state index in [2.05, 4.69) is 4.98 Å². The molecule has 0 aliphatic heterocycles. The van der Waals surface area contributed by atoms with Gasteiger partial charge in [0.25, 0.3) is 0 Å². The molecule has 0 aliphatic carbocycles. The third-order valence-electron chi connectivity index (χ3n) is 2.51. The first-order valence-electron chi connectivity index (χ1n) is 5.20. The molecular weight excluding hydrogens is 218 g/mol. The summed E-state index contributed by atoms with van der Waals surface area (Å²) in [6.45, 7) is 0. The summed E-state index contributed by atoms with van der Waals surface area (Å²) in [4.78, 5) is 4.11. The van der Waals surface area contributed by atoms with Crippen molar-refractivity contribution in [3.63, 3.8) is 0 Å². The highest BCUT2D eigenvalue weighted by atomic mass is 16.7. The van der Waals surface area contributed by atoms with Crippen molar-refractivity contribution in [3.05, 3.63) is 42.5 Å². The molecule has 5 heteroatoms. The average molecular weight is 233 g/mol. The highest BCUT2D eigenvalue weighted by Gasteiger charge is 2.15. The van der Waals surface area contributed by atoms with Crippen molar-refractivity contribution in [2.45, 2.75) is 6.29 Å². The Morgan fingerprint density at radius 2 is 1.82 bits per heavy atom. The van der Waals surface area contributed by atoms with Gasteiger partial charge in [-0.15, -0.1) is 0 Å². The molecule has 0 atom stereocenters. The van der Waals surface area contributed by atoms with Crippen molar-refractivity contribution in [1.82, 2.24) is 9.55 Å². The summed E-state index contributed by atoms with van der Waals surface area (Å²) in [5, 5.41) is 0. The molecule has 1 aromatic carbocycles. The van der Waals surface area contributed by atoms with Crippen LogP contribution in [0, 0.1) is 0 Å². The molecule has 17 heavy (non-hydrogen) atoms. The molecule has 2 N–H and O–H groups in total. The number of hydrogen-bond donors (Lipinski definition) is 1. The minimum atomic E-state index is -0.435. The van der Waals surface area contributed by atoms with Gasteiger partial charge in [0.1, 0.15) is 0 Å². The molecule has 0 unspecified atom stereocenters. The normalized spacial score (nSPS) is 11.0. The van der Waals surface area contributed by atoms with Crippen molar-refractivity contribution in [1.29, 1.82) is 0 Å². The van der Waals surface area contributed by atoms with E-state index in [9.17, 15) is 0 Å². The summed E-state index contributed by atoms with van der Waals surface area (Å²) in [6.07, 6.45) is 3.00. The minimum Gasteiger partial charge on any atom is -0.399 e. The number of methoxy groups -OCH3 is 2. The molecule has 1 aromatic heterocycles. The van der Waals surface area contributed by atoms with E-state index in [-0.39, 0.29) is 0 Å². The SMILES string of the molecule is COC(OC)c1cncn1-c1ccc(N)cc1. The van der Waals surface area contributed by atoms with Crippen LogP contribution in [0.25, 0.3) is 5.69 Å². The lowest BCUT2D eigenvalue weighted by molar-refractivity contribution is -0.109. The van der Waals surface area contributed by atoms with Crippen molar-refractivity contribution in [3.8, 4) is 5.69 Å². The van der Waals surface area contributed by atoms with Gasteiger partial charge in [-0.3, -0.25) is 4.57 Å². The van der Waals surface area contributed by atoms with Crippen LogP contribution in [0.1, 0.15) is 12.0 Å². The standard InChI is InChI=1S/C12H15N3O2/c1-16-12(17-2)11-7-14-8-15(11)10-5-3-9(13)4-6-10/h3-8,12H,13H2,1-2H3. The second-order valence-electron chi connectivity index (χ2n) is 3.58. The molecule has 0 spiro atoms. The molecule has 0 saturated heterocycles. The lowest BCUT2D eigenvalue weighted by Crippen LogP contribution is -2.09. The van der Waals surface area contributed by atoms with Gasteiger partial charge in [0.15, 0.2) is 0 Å². The molecule has 0 bridgehead atoms. The number of anilines is 1. The van der Waals surface area contributed by atoms with Crippen LogP contribution in [-0.4, -0.2) is 23.8 Å². The van der Waals surface area contributed by atoms with Gasteiger partial charge in [-0.1, -0.05) is 0 Å². The molecule has 0 aliphatic rings. The van der Waals surface area contributed by atoms with Crippen LogP contribution < -0.4 is 5.73 Å². The third-order valence-corrected chi connectivity index (χ3v) is 2.51. The number of nitrogens with two attached hydrogens (primary N) is 1. The van der Waals surface area contributed by atoms with Crippen molar-refractivity contribution in [2.75, 3.05) is 20.0 Å². The highest BCUT2D eigenvalue weighted by molar-refractivity contribution is 5.45. The lowest BCUT2D eigenvalue weighted by atomic mass is 10.3. The molecule has 0 radical (unpaired) electrons. The molecule has 2 aromatic rings. The van der Waals surface area contributed by atoms with Crippen LogP contribution in [0.3, 0.4) is 0 Å². The summed E-state index contributed by atoms with van der Waals surface area (Å²) in [5.41, 5.74) is 8.18. The Balaban J connectivity index is 2.39. The van der Waals surface area contributed by atoms with Crippen LogP contribution >= 0.6 is 0 Å². The largest absolute Gasteiger partial charge is 0.399 e. The quantitative estimate of drug-likeness (QED) is 0.645. The number of aromatic nitrogens is 2. The number of benzene rings is 1. The second-order valence-corrected chi connectivity index (χ2v) is 3.58. The predicted molar refractivity (Wildman–Crippen MR) is 64.7 cm³/mol. The molecule has 1 heterocycles. The van der Waals surface area contributed by atoms with Gasteiger partial charge in [-0.2, -0.15) is 0 Å². The van der Waals surface area contributed by atoms with E-state index in [1.807, 2.05) is 28.8 Å². The molecule has 90 valence electrons. The fourth-order valence-corrected chi connectivity index (χ4v) is 1.67. The van der Waals surface area contributed by atoms with Crippen LogP contribution in [0.4, 0.5) is 5.69 Å². The van der Waals surface area contributed by atoms with Crippen LogP contribution in [0.2, 0.25) is 0 Å². The molecule has 0 fully saturated rings. The number of imidazole rings is 1. The number of nitrogens with zero attached hydrogens (tertiary/aromatic N) is 2. The molecular formula is C12H15N3O2. The molecule has 0 saturated carbocycles. The maximum Gasteiger partial charge on any atom is 0.200 e. The Morgan fingerprint density at radius 1 is 1.18 bits per heavy atom. The van der Waals surface area contributed by atoms with E-state index in [0.717, 1.165) is 17.1 Å². The number of nitrogen functional groups attached to an aromatic ring is 1. The first-order chi connectivity index (χ1) is 8.26. The predicted octanol–water partition coefficient (Wildman–Crippen LogP) is 1.75. The van der Waals surface area contributed by atoms with Gasteiger partial charge >= 0.3 is 0 Å². The summed E-state index contributed by atoms with van der Waals surface area (Å²) in [5.74, 6) is 0. The summed E-state index contributed by atoms with van der Waals surface area (Å²) >= 11 is 0. The average Bonchev–Trinajstić information content (AvgIpc) is 2.81. The maximum atomic E-state index is 5.66. The van der Waals surface area contributed by atoms with E-state index in [4.69, 9.17) is 15.2 Å². The third kappa shape index (κ3) is 2.30. The smallest absolute Gasteiger partial charge is 0.200 e. The van der Waals surface area contributed by atoms with Gasteiger partial charge in [-0.05, 0) is 24.3 Å². The Hall–Kier alpha value is -1.85. The summed E-state index contributed by atoms with van der Waals surface area (Å²) in [6, 6.07) is 7.52. The molecule has 2 rings (SSSR count). The van der Waals surface area contributed by atoms with Crippen LogP contribution in [-0.2, 0) is 9.47 Å². The molecule has 5 nitrogen and oxygen atoms in total. The van der Waals surface area contributed by atoms with E-state index >= 15 is 0 Å². The first kappa shape index (κ1) is 11.6. The Bertz CT molecular complexity index is 475. The Morgan fingerprint density at radius 3 is 2.41 bits per heavy atom. The fourth-order valence-electron chi connectivity index (χ4n) is 1.67. The lowest BCUT2D eigenvalue weighted by Gasteiger charge is -2.15. The van der Waals surface area contributed by atoms with Crippen LogP contribution in [0.5, 0.6) is 0 Å². The van der Waals surface area contributed by atoms with E-state index in [1.54, 1.807) is 26.7 Å². The Kier molecular flexibility index (Phi) is 3.41.